The summed E-state index contributed by atoms with van der Waals surface area (Å²) in [5, 5.41) is 4.59. The normalized spacial score (nSPS) is 14.2. The number of pyridine rings is 1. The number of aryl methyl sites for hydroxylation is 3. The number of rotatable bonds is 1. The van der Waals surface area contributed by atoms with Crippen LogP contribution in [0.25, 0.3) is 60.5 Å². The highest BCUT2D eigenvalue weighted by molar-refractivity contribution is 6.27. The maximum Gasteiger partial charge on any atom is 0.213 e. The Morgan fingerprint density at radius 1 is 0.871 bits per heavy atom. The fourth-order valence-corrected chi connectivity index (χ4v) is 5.31. The number of fused-ring (bicyclic) bond motifs is 8. The first kappa shape index (κ1) is 14.2. The van der Waals surface area contributed by atoms with Crippen molar-refractivity contribution in [3.8, 4) is 11.3 Å². The quantitative estimate of drug-likeness (QED) is 0.279. The van der Waals surface area contributed by atoms with Crippen LogP contribution >= 0.6 is 0 Å². The van der Waals surface area contributed by atoms with Crippen molar-refractivity contribution < 1.29 is 13.1 Å². The second kappa shape index (κ2) is 5.64. The third-order valence-corrected chi connectivity index (χ3v) is 6.59. The molecule has 3 heteroatoms. The van der Waals surface area contributed by atoms with Crippen LogP contribution in [0.15, 0.2) is 77.3 Å². The van der Waals surface area contributed by atoms with Crippen molar-refractivity contribution >= 4 is 49.3 Å². The Morgan fingerprint density at radius 2 is 1.71 bits per heavy atom. The van der Waals surface area contributed by atoms with Gasteiger partial charge in [-0.3, -0.25) is 0 Å². The molecule has 0 fully saturated rings. The molecule has 0 aliphatic carbocycles. The van der Waals surface area contributed by atoms with Gasteiger partial charge in [0.05, 0.1) is 22.0 Å². The fourth-order valence-electron chi connectivity index (χ4n) is 5.31. The van der Waals surface area contributed by atoms with Crippen LogP contribution in [0.2, 0.25) is 0 Å². The molecular weight excluding hydrogens is 380 g/mol. The summed E-state index contributed by atoms with van der Waals surface area (Å²) in [5.41, 5.74) is 8.53. The molecule has 3 nitrogen and oxygen atoms in total. The lowest BCUT2D eigenvalue weighted by Crippen LogP contribution is -2.31. The summed E-state index contributed by atoms with van der Waals surface area (Å²) in [6.45, 7) is -0.0528. The molecule has 0 N–H and O–H groups in total. The van der Waals surface area contributed by atoms with Crippen molar-refractivity contribution in [2.75, 3.05) is 0 Å². The molecule has 0 atom stereocenters. The molecule has 0 unspecified atom stereocenters. The fraction of sp³-hybridized carbons (Fsp3) is 0.107. The van der Waals surface area contributed by atoms with Crippen molar-refractivity contribution in [2.24, 2.45) is 7.05 Å². The average molecular weight is 405 g/mol. The van der Waals surface area contributed by atoms with Gasteiger partial charge in [0, 0.05) is 31.9 Å². The first-order chi connectivity index (χ1) is 16.3. The molecule has 31 heavy (non-hydrogen) atoms. The topological polar surface area (TPSA) is 21.4 Å². The van der Waals surface area contributed by atoms with Crippen molar-refractivity contribution in [3.05, 3.63) is 84.1 Å². The summed E-state index contributed by atoms with van der Waals surface area (Å²) in [7, 11) is 1.90. The van der Waals surface area contributed by atoms with Gasteiger partial charge in [-0.1, -0.05) is 36.4 Å². The Balaban J connectivity index is 1.69. The van der Waals surface area contributed by atoms with E-state index in [1.54, 1.807) is 12.3 Å². The summed E-state index contributed by atoms with van der Waals surface area (Å²) in [5.74, 6) is 0. The second-order valence-electron chi connectivity index (χ2n) is 8.38. The number of hydrogen-bond donors (Lipinski definition) is 0. The highest BCUT2D eigenvalue weighted by Crippen LogP contribution is 2.45. The summed E-state index contributed by atoms with van der Waals surface area (Å²) in [6.07, 6.45) is 1.71. The van der Waals surface area contributed by atoms with Gasteiger partial charge in [-0.05, 0) is 43.6 Å². The predicted octanol–water partition coefficient (Wildman–Crippen LogP) is 6.69. The first-order valence-corrected chi connectivity index (χ1v) is 10.4. The zero-order chi connectivity index (χ0) is 23.4. The number of benzene rings is 3. The number of para-hydroxylation sites is 2. The van der Waals surface area contributed by atoms with E-state index in [0.717, 1.165) is 49.8 Å². The summed E-state index contributed by atoms with van der Waals surface area (Å²) < 4.78 is 34.1. The molecule has 0 amide bonds. The van der Waals surface area contributed by atoms with E-state index in [4.69, 9.17) is 8.53 Å². The monoisotopic (exact) mass is 404 g/mol. The van der Waals surface area contributed by atoms with Crippen LogP contribution in [0.4, 0.5) is 0 Å². The maximum atomic E-state index is 7.79. The van der Waals surface area contributed by atoms with Gasteiger partial charge in [0.15, 0.2) is 11.8 Å². The van der Waals surface area contributed by atoms with Gasteiger partial charge in [0.1, 0.15) is 18.1 Å². The minimum Gasteiger partial charge on any atom is -0.454 e. The molecule has 148 valence electrons. The zero-order valence-corrected chi connectivity index (χ0v) is 17.2. The Morgan fingerprint density at radius 3 is 2.58 bits per heavy atom. The molecule has 0 radical (unpaired) electrons. The van der Waals surface area contributed by atoms with Crippen LogP contribution in [-0.2, 0) is 7.05 Å². The van der Waals surface area contributed by atoms with Gasteiger partial charge >= 0.3 is 0 Å². The molecule has 0 spiro atoms. The predicted molar refractivity (Wildman–Crippen MR) is 127 cm³/mol. The molecule has 0 saturated heterocycles. The SMILES string of the molecule is [2H]C([2H])([2H])c1ccc(-c2c(C)ccc3oc4c5cccc6c7ccccc7n(c65)c4c23)[n+](C)c1. The molecule has 0 aliphatic heterocycles. The summed E-state index contributed by atoms with van der Waals surface area (Å²) in [4.78, 5) is 0. The van der Waals surface area contributed by atoms with Crippen LogP contribution in [0, 0.1) is 13.8 Å². The van der Waals surface area contributed by atoms with Gasteiger partial charge in [-0.15, -0.1) is 0 Å². The number of hydrogen-bond acceptors (Lipinski definition) is 1. The number of aromatic nitrogens is 2. The maximum absolute atomic E-state index is 7.79. The molecule has 0 aliphatic rings. The van der Waals surface area contributed by atoms with Gasteiger partial charge in [-0.2, -0.15) is 0 Å². The lowest BCUT2D eigenvalue weighted by Gasteiger charge is -2.07. The Labute approximate surface area is 183 Å². The van der Waals surface area contributed by atoms with Gasteiger partial charge < -0.3 is 8.82 Å². The molecule has 0 bridgehead atoms. The average Bonchev–Trinajstić information content (AvgIpc) is 3.44. The lowest BCUT2D eigenvalue weighted by molar-refractivity contribution is -0.660. The molecule has 7 rings (SSSR count). The van der Waals surface area contributed by atoms with Crippen LogP contribution < -0.4 is 4.57 Å². The van der Waals surface area contributed by atoms with Crippen molar-refractivity contribution in [1.29, 1.82) is 0 Å². The Hall–Kier alpha value is -3.85. The van der Waals surface area contributed by atoms with Crippen molar-refractivity contribution in [1.82, 2.24) is 4.40 Å². The van der Waals surface area contributed by atoms with Crippen molar-refractivity contribution in [3.63, 3.8) is 0 Å². The molecule has 0 saturated carbocycles. The van der Waals surface area contributed by atoms with Crippen molar-refractivity contribution in [2.45, 2.75) is 13.8 Å². The van der Waals surface area contributed by atoms with E-state index < -0.39 is 6.85 Å². The highest BCUT2D eigenvalue weighted by Gasteiger charge is 2.26. The lowest BCUT2D eigenvalue weighted by atomic mass is 9.99. The van der Waals surface area contributed by atoms with Crippen LogP contribution in [0.3, 0.4) is 0 Å². The van der Waals surface area contributed by atoms with Gasteiger partial charge in [0.25, 0.3) is 0 Å². The first-order valence-electron chi connectivity index (χ1n) is 11.9. The molecule has 7 aromatic rings. The van der Waals surface area contributed by atoms with E-state index in [9.17, 15) is 0 Å². The van der Waals surface area contributed by atoms with Crippen LogP contribution in [0.1, 0.15) is 15.2 Å². The van der Waals surface area contributed by atoms with Crippen LogP contribution in [0.5, 0.6) is 0 Å². The second-order valence-corrected chi connectivity index (χ2v) is 8.38. The smallest absolute Gasteiger partial charge is 0.213 e. The number of furan rings is 1. The van der Waals surface area contributed by atoms with E-state index in [1.807, 2.05) is 23.7 Å². The third kappa shape index (κ3) is 2.01. The van der Waals surface area contributed by atoms with E-state index in [1.165, 1.54) is 16.3 Å². The minimum absolute atomic E-state index is 0.325. The molecule has 4 aromatic heterocycles. The zero-order valence-electron chi connectivity index (χ0n) is 20.2. The van der Waals surface area contributed by atoms with Gasteiger partial charge in [-0.25, -0.2) is 4.57 Å². The number of nitrogens with zero attached hydrogens (tertiary/aromatic N) is 2. The van der Waals surface area contributed by atoms with E-state index in [2.05, 4.69) is 59.9 Å². The Bertz CT molecular complexity index is 1920. The third-order valence-electron chi connectivity index (χ3n) is 6.59. The minimum atomic E-state index is -2.15. The highest BCUT2D eigenvalue weighted by atomic mass is 16.3. The Kier molecular flexibility index (Phi) is 2.59. The molecule has 3 aromatic carbocycles. The summed E-state index contributed by atoms with van der Waals surface area (Å²) in [6, 6.07) is 22.6. The largest absolute Gasteiger partial charge is 0.454 e. The van der Waals surface area contributed by atoms with Crippen LogP contribution in [-0.4, -0.2) is 4.40 Å². The van der Waals surface area contributed by atoms with Gasteiger partial charge in [0.2, 0.25) is 5.69 Å². The van der Waals surface area contributed by atoms with E-state index in [-0.39, 0.29) is 0 Å². The standard InChI is InChI=1S/C28H21N2O/c1-16-11-13-22(29(3)15-16)24-17(2)12-14-23-25(24)27-28(31-23)20-9-6-8-19-18-7-4-5-10-21(18)30(27)26(19)20/h4-15H,1-3H3/q+1/i1D3. The summed E-state index contributed by atoms with van der Waals surface area (Å²) >= 11 is 0. The van der Waals surface area contributed by atoms with E-state index >= 15 is 0 Å². The molecule has 4 heterocycles. The molecular formula is C28H21N2O+. The van der Waals surface area contributed by atoms with E-state index in [0.29, 0.717) is 5.56 Å².